The van der Waals surface area contributed by atoms with Crippen LogP contribution < -0.4 is 5.32 Å². The largest absolute Gasteiger partial charge is 0.374 e. The van der Waals surface area contributed by atoms with Gasteiger partial charge in [0.1, 0.15) is 0 Å². The minimum absolute atomic E-state index is 0.350. The van der Waals surface area contributed by atoms with Gasteiger partial charge in [-0.1, -0.05) is 6.07 Å². The maximum absolute atomic E-state index is 6.05. The van der Waals surface area contributed by atoms with E-state index in [1.807, 2.05) is 12.3 Å². The molecule has 0 aromatic carbocycles. The highest BCUT2D eigenvalue weighted by molar-refractivity contribution is 5.30. The minimum Gasteiger partial charge on any atom is -0.374 e. The molecule has 1 aliphatic heterocycles. The fraction of sp³-hybridized carbons (Fsp3) is 0.667. The Morgan fingerprint density at radius 2 is 2.28 bits per heavy atom. The Labute approximate surface area is 109 Å². The molecule has 0 saturated carbocycles. The van der Waals surface area contributed by atoms with Crippen LogP contribution in [0.1, 0.15) is 43.4 Å². The first-order chi connectivity index (χ1) is 8.79. The van der Waals surface area contributed by atoms with E-state index in [1.54, 1.807) is 0 Å². The molecule has 2 aliphatic rings. The van der Waals surface area contributed by atoms with Crippen molar-refractivity contribution in [1.82, 2.24) is 10.3 Å². The molecule has 0 spiro atoms. The smallest absolute Gasteiger partial charge is 0.0739 e. The molecule has 3 nitrogen and oxygen atoms in total. The molecule has 1 aliphatic carbocycles. The summed E-state index contributed by atoms with van der Waals surface area (Å²) in [7, 11) is 2.05. The number of hydrogen-bond acceptors (Lipinski definition) is 3. The third kappa shape index (κ3) is 2.06. The highest BCUT2D eigenvalue weighted by Crippen LogP contribution is 2.37. The molecule has 1 aromatic rings. The monoisotopic (exact) mass is 246 g/mol. The van der Waals surface area contributed by atoms with Crippen LogP contribution in [0.15, 0.2) is 18.3 Å². The molecule has 0 radical (unpaired) electrons. The molecule has 4 atom stereocenters. The number of fused-ring (bicyclic) bond motifs is 1. The molecular formula is C15H22N2O. The summed E-state index contributed by atoms with van der Waals surface area (Å²) in [6.07, 6.45) is 7.40. The zero-order valence-corrected chi connectivity index (χ0v) is 11.2. The third-order valence-corrected chi connectivity index (χ3v) is 4.43. The standard InChI is InChI=1S/C15H22N2O/c1-10-5-8-13(18-10)15(16-2)12-7-6-11-4-3-9-17-14(11)12/h3-4,9-10,12-13,15-16H,5-8H2,1-2H3. The Bertz CT molecular complexity index is 421. The second-order valence-corrected chi connectivity index (χ2v) is 5.57. The molecule has 1 fully saturated rings. The molecule has 3 rings (SSSR count). The Morgan fingerprint density at radius 1 is 1.39 bits per heavy atom. The average Bonchev–Trinajstić information content (AvgIpc) is 2.98. The Kier molecular flexibility index (Phi) is 3.35. The molecule has 4 unspecified atom stereocenters. The summed E-state index contributed by atoms with van der Waals surface area (Å²) in [6.45, 7) is 2.17. The average molecular weight is 246 g/mol. The van der Waals surface area contributed by atoms with Crippen LogP contribution in [0.4, 0.5) is 0 Å². The van der Waals surface area contributed by atoms with Crippen molar-refractivity contribution in [1.29, 1.82) is 0 Å². The van der Waals surface area contributed by atoms with Crippen LogP contribution in [-0.2, 0) is 11.2 Å². The van der Waals surface area contributed by atoms with Gasteiger partial charge in [-0.2, -0.15) is 0 Å². The van der Waals surface area contributed by atoms with E-state index < -0.39 is 0 Å². The normalized spacial score (nSPS) is 32.4. The third-order valence-electron chi connectivity index (χ3n) is 4.43. The van der Waals surface area contributed by atoms with Crippen molar-refractivity contribution in [3.05, 3.63) is 29.6 Å². The molecule has 2 heterocycles. The van der Waals surface area contributed by atoms with E-state index >= 15 is 0 Å². The number of aryl methyl sites for hydroxylation is 1. The topological polar surface area (TPSA) is 34.1 Å². The fourth-order valence-corrected chi connectivity index (χ4v) is 3.54. The van der Waals surface area contributed by atoms with Crippen LogP contribution in [0.3, 0.4) is 0 Å². The quantitative estimate of drug-likeness (QED) is 0.888. The molecule has 3 heteroatoms. The first-order valence-electron chi connectivity index (χ1n) is 7.06. The summed E-state index contributed by atoms with van der Waals surface area (Å²) in [5, 5.41) is 3.48. The molecule has 1 aromatic heterocycles. The highest BCUT2D eigenvalue weighted by Gasteiger charge is 2.38. The van der Waals surface area contributed by atoms with Gasteiger partial charge in [-0.25, -0.2) is 0 Å². The van der Waals surface area contributed by atoms with Gasteiger partial charge in [0.15, 0.2) is 0 Å². The van der Waals surface area contributed by atoms with Crippen molar-refractivity contribution in [2.75, 3.05) is 7.05 Å². The predicted molar refractivity (Wildman–Crippen MR) is 71.7 cm³/mol. The van der Waals surface area contributed by atoms with Crippen molar-refractivity contribution in [3.63, 3.8) is 0 Å². The zero-order valence-electron chi connectivity index (χ0n) is 11.2. The van der Waals surface area contributed by atoms with Gasteiger partial charge in [-0.15, -0.1) is 0 Å². The van der Waals surface area contributed by atoms with Gasteiger partial charge in [-0.05, 0) is 51.3 Å². The summed E-state index contributed by atoms with van der Waals surface area (Å²) >= 11 is 0. The van der Waals surface area contributed by atoms with Crippen LogP contribution in [0.25, 0.3) is 0 Å². The summed E-state index contributed by atoms with van der Waals surface area (Å²) in [4.78, 5) is 4.60. The maximum atomic E-state index is 6.05. The lowest BCUT2D eigenvalue weighted by atomic mass is 9.91. The second-order valence-electron chi connectivity index (χ2n) is 5.57. The summed E-state index contributed by atoms with van der Waals surface area (Å²) in [5.41, 5.74) is 2.72. The first kappa shape index (κ1) is 12.1. The maximum Gasteiger partial charge on any atom is 0.0739 e. The lowest BCUT2D eigenvalue weighted by Crippen LogP contribution is -2.42. The molecular weight excluding hydrogens is 224 g/mol. The summed E-state index contributed by atoms with van der Waals surface area (Å²) in [5.74, 6) is 0.515. The van der Waals surface area contributed by atoms with E-state index in [1.165, 1.54) is 30.5 Å². The molecule has 1 N–H and O–H groups in total. The number of likely N-dealkylation sites (N-methyl/N-ethyl adjacent to an activating group) is 1. The summed E-state index contributed by atoms with van der Waals surface area (Å²) in [6, 6.07) is 4.67. The van der Waals surface area contributed by atoms with E-state index in [0.29, 0.717) is 24.2 Å². The van der Waals surface area contributed by atoms with Gasteiger partial charge in [-0.3, -0.25) is 4.98 Å². The molecule has 1 saturated heterocycles. The van der Waals surface area contributed by atoms with Crippen LogP contribution in [0.5, 0.6) is 0 Å². The van der Waals surface area contributed by atoms with Gasteiger partial charge >= 0.3 is 0 Å². The van der Waals surface area contributed by atoms with Crippen LogP contribution in [0.2, 0.25) is 0 Å². The molecule has 98 valence electrons. The zero-order chi connectivity index (χ0) is 12.5. The Hall–Kier alpha value is -0.930. The Balaban J connectivity index is 1.81. The van der Waals surface area contributed by atoms with Crippen molar-refractivity contribution in [3.8, 4) is 0 Å². The van der Waals surface area contributed by atoms with Gasteiger partial charge in [0, 0.05) is 23.9 Å². The lowest BCUT2D eigenvalue weighted by molar-refractivity contribution is 0.0270. The van der Waals surface area contributed by atoms with E-state index in [2.05, 4.69) is 30.3 Å². The van der Waals surface area contributed by atoms with E-state index in [4.69, 9.17) is 4.74 Å². The van der Waals surface area contributed by atoms with Crippen molar-refractivity contribution in [2.24, 2.45) is 0 Å². The van der Waals surface area contributed by atoms with Crippen LogP contribution >= 0.6 is 0 Å². The number of pyridine rings is 1. The predicted octanol–water partition coefficient (Wildman–Crippen LogP) is 2.27. The number of nitrogens with zero attached hydrogens (tertiary/aromatic N) is 1. The number of nitrogens with one attached hydrogen (secondary N) is 1. The van der Waals surface area contributed by atoms with Gasteiger partial charge in [0.2, 0.25) is 0 Å². The van der Waals surface area contributed by atoms with E-state index in [9.17, 15) is 0 Å². The van der Waals surface area contributed by atoms with Crippen molar-refractivity contribution >= 4 is 0 Å². The lowest BCUT2D eigenvalue weighted by Gasteiger charge is -2.28. The van der Waals surface area contributed by atoms with Crippen LogP contribution in [-0.4, -0.2) is 30.3 Å². The van der Waals surface area contributed by atoms with E-state index in [-0.39, 0.29) is 0 Å². The van der Waals surface area contributed by atoms with Gasteiger partial charge in [0.05, 0.1) is 12.2 Å². The van der Waals surface area contributed by atoms with Gasteiger partial charge < -0.3 is 10.1 Å². The second kappa shape index (κ2) is 4.98. The Morgan fingerprint density at radius 3 is 3.00 bits per heavy atom. The first-order valence-corrected chi connectivity index (χ1v) is 7.06. The van der Waals surface area contributed by atoms with Crippen molar-refractivity contribution in [2.45, 2.75) is 56.8 Å². The van der Waals surface area contributed by atoms with Crippen LogP contribution in [0, 0.1) is 0 Å². The SMILES string of the molecule is CNC(C1CCC(C)O1)C1CCc2cccnc21. The number of ether oxygens (including phenoxy) is 1. The minimum atomic E-state index is 0.350. The highest BCUT2D eigenvalue weighted by atomic mass is 16.5. The number of aromatic nitrogens is 1. The molecule has 18 heavy (non-hydrogen) atoms. The van der Waals surface area contributed by atoms with E-state index in [0.717, 1.165) is 6.42 Å². The number of rotatable bonds is 3. The number of hydrogen-bond donors (Lipinski definition) is 1. The fourth-order valence-electron chi connectivity index (χ4n) is 3.54. The summed E-state index contributed by atoms with van der Waals surface area (Å²) < 4.78 is 6.05. The molecule has 0 bridgehead atoms. The van der Waals surface area contributed by atoms with Gasteiger partial charge in [0.25, 0.3) is 0 Å². The van der Waals surface area contributed by atoms with Crippen molar-refractivity contribution < 1.29 is 4.74 Å². The molecule has 0 amide bonds.